The quantitative estimate of drug-likeness (QED) is 0.704. The third kappa shape index (κ3) is 3.64. The third-order valence-electron chi connectivity index (χ3n) is 4.88. The standard InChI is InChI=1S/C21H21N5O2/c27-20(17-7-10-22-11-8-17)24-12-4-13-25(16-15-24)21(28)18-5-1-2-6-19(18)26-14-3-9-23-26/h1-3,5-11,14H,4,12-13,15-16H2. The number of carbonyl (C=O) groups is 2. The second kappa shape index (κ2) is 8.04. The van der Waals surface area contributed by atoms with E-state index in [1.807, 2.05) is 46.3 Å². The van der Waals surface area contributed by atoms with Crippen molar-refractivity contribution in [3.05, 3.63) is 78.4 Å². The first-order valence-electron chi connectivity index (χ1n) is 9.31. The number of hydrogen-bond donors (Lipinski definition) is 0. The van der Waals surface area contributed by atoms with Crippen LogP contribution in [0.15, 0.2) is 67.3 Å². The van der Waals surface area contributed by atoms with E-state index in [1.165, 1.54) is 0 Å². The lowest BCUT2D eigenvalue weighted by molar-refractivity contribution is 0.0718. The van der Waals surface area contributed by atoms with Crippen LogP contribution < -0.4 is 0 Å². The molecular weight excluding hydrogens is 354 g/mol. The average molecular weight is 375 g/mol. The SMILES string of the molecule is O=C(c1ccncc1)N1CCCN(C(=O)c2ccccc2-n2cccn2)CC1. The Hall–Kier alpha value is -3.48. The highest BCUT2D eigenvalue weighted by molar-refractivity contribution is 5.98. The Labute approximate surface area is 163 Å². The number of nitrogens with zero attached hydrogens (tertiary/aromatic N) is 5. The highest BCUT2D eigenvalue weighted by Gasteiger charge is 2.25. The molecule has 1 saturated heterocycles. The minimum Gasteiger partial charge on any atom is -0.337 e. The molecule has 1 aliphatic heterocycles. The Morgan fingerprint density at radius 2 is 1.50 bits per heavy atom. The highest BCUT2D eigenvalue weighted by Crippen LogP contribution is 2.17. The van der Waals surface area contributed by atoms with Crippen molar-refractivity contribution in [3.63, 3.8) is 0 Å². The van der Waals surface area contributed by atoms with Gasteiger partial charge < -0.3 is 9.80 Å². The molecule has 0 bridgehead atoms. The molecule has 1 fully saturated rings. The molecule has 28 heavy (non-hydrogen) atoms. The van der Waals surface area contributed by atoms with Crippen LogP contribution in [0.25, 0.3) is 5.69 Å². The van der Waals surface area contributed by atoms with Crippen LogP contribution in [0, 0.1) is 0 Å². The molecule has 1 aliphatic rings. The monoisotopic (exact) mass is 375 g/mol. The number of hydrogen-bond acceptors (Lipinski definition) is 4. The number of carbonyl (C=O) groups excluding carboxylic acids is 2. The molecule has 0 aliphatic carbocycles. The zero-order valence-corrected chi connectivity index (χ0v) is 15.4. The van der Waals surface area contributed by atoms with Gasteiger partial charge in [-0.1, -0.05) is 12.1 Å². The van der Waals surface area contributed by atoms with E-state index in [9.17, 15) is 9.59 Å². The third-order valence-corrected chi connectivity index (χ3v) is 4.88. The predicted molar refractivity (Wildman–Crippen MR) is 104 cm³/mol. The molecule has 0 atom stereocenters. The molecule has 0 N–H and O–H groups in total. The maximum absolute atomic E-state index is 13.2. The van der Waals surface area contributed by atoms with Crippen molar-refractivity contribution in [2.24, 2.45) is 0 Å². The fourth-order valence-corrected chi connectivity index (χ4v) is 3.44. The minimum absolute atomic E-state index is 0.0198. The first kappa shape index (κ1) is 17.9. The molecule has 3 heterocycles. The van der Waals surface area contributed by atoms with Crippen LogP contribution in [-0.4, -0.2) is 62.6 Å². The van der Waals surface area contributed by atoms with Gasteiger partial charge in [-0.15, -0.1) is 0 Å². The van der Waals surface area contributed by atoms with Gasteiger partial charge in [-0.25, -0.2) is 4.68 Å². The largest absolute Gasteiger partial charge is 0.337 e. The van der Waals surface area contributed by atoms with Crippen molar-refractivity contribution in [1.82, 2.24) is 24.6 Å². The Morgan fingerprint density at radius 3 is 2.21 bits per heavy atom. The summed E-state index contributed by atoms with van der Waals surface area (Å²) in [6.07, 6.45) is 7.49. The number of amides is 2. The van der Waals surface area contributed by atoms with E-state index in [-0.39, 0.29) is 11.8 Å². The van der Waals surface area contributed by atoms with Crippen LogP contribution in [0.5, 0.6) is 0 Å². The van der Waals surface area contributed by atoms with Crippen molar-refractivity contribution >= 4 is 11.8 Å². The van der Waals surface area contributed by atoms with Crippen molar-refractivity contribution in [2.75, 3.05) is 26.2 Å². The zero-order chi connectivity index (χ0) is 19.3. The molecule has 0 radical (unpaired) electrons. The van der Waals surface area contributed by atoms with Gasteiger partial charge in [0.05, 0.1) is 11.3 Å². The smallest absolute Gasteiger partial charge is 0.256 e. The normalized spacial score (nSPS) is 14.6. The fourth-order valence-electron chi connectivity index (χ4n) is 3.44. The van der Waals surface area contributed by atoms with E-state index in [0.717, 1.165) is 12.1 Å². The van der Waals surface area contributed by atoms with Gasteiger partial charge in [-0.05, 0) is 36.8 Å². The number of aromatic nitrogens is 3. The van der Waals surface area contributed by atoms with Crippen LogP contribution in [0.2, 0.25) is 0 Å². The highest BCUT2D eigenvalue weighted by atomic mass is 16.2. The lowest BCUT2D eigenvalue weighted by Gasteiger charge is -2.23. The molecule has 0 unspecified atom stereocenters. The van der Waals surface area contributed by atoms with Crippen LogP contribution >= 0.6 is 0 Å². The summed E-state index contributed by atoms with van der Waals surface area (Å²) in [4.78, 5) is 33.5. The van der Waals surface area contributed by atoms with Crippen molar-refractivity contribution in [3.8, 4) is 5.69 Å². The summed E-state index contributed by atoms with van der Waals surface area (Å²) >= 11 is 0. The van der Waals surface area contributed by atoms with Gasteiger partial charge >= 0.3 is 0 Å². The van der Waals surface area contributed by atoms with Gasteiger partial charge in [0.15, 0.2) is 0 Å². The molecule has 2 aromatic heterocycles. The molecule has 7 nitrogen and oxygen atoms in total. The van der Waals surface area contributed by atoms with Crippen LogP contribution in [-0.2, 0) is 0 Å². The Balaban J connectivity index is 1.50. The van der Waals surface area contributed by atoms with E-state index in [0.29, 0.717) is 37.3 Å². The lowest BCUT2D eigenvalue weighted by atomic mass is 10.1. The van der Waals surface area contributed by atoms with Gasteiger partial charge in [0.1, 0.15) is 0 Å². The van der Waals surface area contributed by atoms with E-state index in [4.69, 9.17) is 0 Å². The molecule has 142 valence electrons. The molecular formula is C21H21N5O2. The van der Waals surface area contributed by atoms with Crippen molar-refractivity contribution in [1.29, 1.82) is 0 Å². The van der Waals surface area contributed by atoms with Crippen molar-refractivity contribution in [2.45, 2.75) is 6.42 Å². The molecule has 0 spiro atoms. The first-order chi connectivity index (χ1) is 13.7. The summed E-state index contributed by atoms with van der Waals surface area (Å²) in [5.74, 6) is -0.0575. The first-order valence-corrected chi connectivity index (χ1v) is 9.31. The molecule has 0 saturated carbocycles. The van der Waals surface area contributed by atoms with Crippen molar-refractivity contribution < 1.29 is 9.59 Å². The summed E-state index contributed by atoms with van der Waals surface area (Å²) < 4.78 is 1.70. The number of rotatable bonds is 3. The Morgan fingerprint density at radius 1 is 0.786 bits per heavy atom. The van der Waals surface area contributed by atoms with Gasteiger partial charge in [0.25, 0.3) is 11.8 Å². The number of benzene rings is 1. The van der Waals surface area contributed by atoms with Crippen LogP contribution in [0.3, 0.4) is 0 Å². The summed E-state index contributed by atoms with van der Waals surface area (Å²) in [5.41, 5.74) is 1.99. The van der Waals surface area contributed by atoms with Gasteiger partial charge in [-0.2, -0.15) is 5.10 Å². The summed E-state index contributed by atoms with van der Waals surface area (Å²) in [6.45, 7) is 2.26. The molecule has 2 amide bonds. The zero-order valence-electron chi connectivity index (χ0n) is 15.4. The number of pyridine rings is 1. The van der Waals surface area contributed by atoms with Crippen LogP contribution in [0.4, 0.5) is 0 Å². The minimum atomic E-state index is -0.0377. The predicted octanol–water partition coefficient (Wildman–Crippen LogP) is 2.26. The molecule has 1 aromatic carbocycles. The van der Waals surface area contributed by atoms with E-state index < -0.39 is 0 Å². The van der Waals surface area contributed by atoms with Gasteiger partial charge in [0.2, 0.25) is 0 Å². The average Bonchev–Trinajstić information content (AvgIpc) is 3.18. The molecule has 4 rings (SSSR count). The summed E-state index contributed by atoms with van der Waals surface area (Å²) in [5, 5.41) is 4.25. The van der Waals surface area contributed by atoms with E-state index in [2.05, 4.69) is 10.1 Å². The lowest BCUT2D eigenvalue weighted by Crippen LogP contribution is -2.37. The Bertz CT molecular complexity index is 956. The Kier molecular flexibility index (Phi) is 5.14. The molecule has 3 aromatic rings. The maximum Gasteiger partial charge on any atom is 0.256 e. The topological polar surface area (TPSA) is 71.3 Å². The van der Waals surface area contributed by atoms with E-state index >= 15 is 0 Å². The second-order valence-corrected chi connectivity index (χ2v) is 6.64. The molecule has 7 heteroatoms. The van der Waals surface area contributed by atoms with Crippen LogP contribution in [0.1, 0.15) is 27.1 Å². The van der Waals surface area contributed by atoms with Gasteiger partial charge in [-0.3, -0.25) is 14.6 Å². The fraction of sp³-hybridized carbons (Fsp3) is 0.238. The second-order valence-electron chi connectivity index (χ2n) is 6.64. The number of para-hydroxylation sites is 1. The summed E-state index contributed by atoms with van der Waals surface area (Å²) in [7, 11) is 0. The maximum atomic E-state index is 13.2. The van der Waals surface area contributed by atoms with Gasteiger partial charge in [0, 0.05) is 56.5 Å². The summed E-state index contributed by atoms with van der Waals surface area (Å²) in [6, 6.07) is 12.7. The van der Waals surface area contributed by atoms with E-state index in [1.54, 1.807) is 35.4 Å².